The van der Waals surface area contributed by atoms with E-state index in [2.05, 4.69) is 0 Å². The fourth-order valence-electron chi connectivity index (χ4n) is 5.84. The van der Waals surface area contributed by atoms with Crippen molar-refractivity contribution < 1.29 is 28.1 Å². The maximum Gasteiger partial charge on any atom is 0.330 e. The van der Waals surface area contributed by atoms with Crippen LogP contribution in [0.5, 0.6) is 0 Å². The maximum atomic E-state index is 14.3. The Kier molecular flexibility index (Phi) is 7.55. The number of amides is 2. The normalized spacial score (nSPS) is 20.2. The molecule has 214 valence electrons. The Bertz CT molecular complexity index is 1630. The molecule has 0 bridgehead atoms. The number of aryl methyl sites for hydroxylation is 2. The van der Waals surface area contributed by atoms with Crippen LogP contribution in [0.1, 0.15) is 60.9 Å². The van der Waals surface area contributed by atoms with Gasteiger partial charge in [0.1, 0.15) is 11.4 Å². The zero-order valence-electron chi connectivity index (χ0n) is 23.2. The second-order valence-corrected chi connectivity index (χ2v) is 12.6. The third kappa shape index (κ3) is 5.06. The van der Waals surface area contributed by atoms with Gasteiger partial charge in [-0.1, -0.05) is 35.4 Å². The van der Waals surface area contributed by atoms with E-state index in [-0.39, 0.29) is 27.8 Å². The first kappa shape index (κ1) is 29.0. The highest BCUT2D eigenvalue weighted by Crippen LogP contribution is 2.56. The van der Waals surface area contributed by atoms with Crippen molar-refractivity contribution in [3.8, 4) is 0 Å². The molecule has 0 saturated heterocycles. The molecule has 1 heterocycles. The summed E-state index contributed by atoms with van der Waals surface area (Å²) in [6, 6.07) is 13.2. The molecule has 2 amide bonds. The summed E-state index contributed by atoms with van der Waals surface area (Å²) >= 11 is 6.83. The second-order valence-electron chi connectivity index (χ2n) is 10.9. The summed E-state index contributed by atoms with van der Waals surface area (Å²) in [5, 5.41) is 10.5. The van der Waals surface area contributed by atoms with Crippen LogP contribution >= 0.6 is 11.6 Å². The fraction of sp³-hybridized carbons (Fsp3) is 0.323. The molecule has 7 nitrogen and oxygen atoms in total. The number of aliphatic carboxylic acids is 1. The molecule has 0 spiro atoms. The summed E-state index contributed by atoms with van der Waals surface area (Å²) in [5.74, 6) is -3.13. The van der Waals surface area contributed by atoms with E-state index in [1.165, 1.54) is 30.3 Å². The molecule has 1 N–H and O–H groups in total. The van der Waals surface area contributed by atoms with Crippen LogP contribution in [0.2, 0.25) is 5.02 Å². The van der Waals surface area contributed by atoms with Crippen molar-refractivity contribution in [3.63, 3.8) is 0 Å². The zero-order valence-corrected chi connectivity index (χ0v) is 24.7. The average molecular weight is 597 g/mol. The number of fused-ring (bicyclic) bond motifs is 1. The smallest absolute Gasteiger partial charge is 0.330 e. The number of carbonyl (C=O) groups is 3. The summed E-state index contributed by atoms with van der Waals surface area (Å²) in [7, 11) is -0.0359. The standard InChI is InChI=1S/C31H30ClFN2O5S/c1-17-5-7-19(8-6-17)28(36)35-10-9-24-21(16-35)11-18(2)26(27(24)32)29(37)34(3)31(30(38)39)15-25(31)20-12-22(33)14-23(13-20)41(4)40/h5-8,11-14,25H,9-10,15-16H2,1-4H3,(H,38,39). The molecule has 1 fully saturated rings. The summed E-state index contributed by atoms with van der Waals surface area (Å²) in [5.41, 5.74) is 2.84. The van der Waals surface area contributed by atoms with Crippen LogP contribution in [0.25, 0.3) is 0 Å². The largest absolute Gasteiger partial charge is 0.479 e. The quantitative estimate of drug-likeness (QED) is 0.426. The van der Waals surface area contributed by atoms with Gasteiger partial charge in [-0.2, -0.15) is 0 Å². The lowest BCUT2D eigenvalue weighted by atomic mass is 9.92. The average Bonchev–Trinajstić information content (AvgIpc) is 3.69. The Morgan fingerprint density at radius 1 is 1.12 bits per heavy atom. The van der Waals surface area contributed by atoms with Gasteiger partial charge >= 0.3 is 5.97 Å². The number of benzene rings is 3. The summed E-state index contributed by atoms with van der Waals surface area (Å²) in [6.07, 6.45) is 1.95. The van der Waals surface area contributed by atoms with Crippen molar-refractivity contribution in [2.45, 2.75) is 49.6 Å². The van der Waals surface area contributed by atoms with Crippen LogP contribution in [0, 0.1) is 19.7 Å². The number of hydrogen-bond acceptors (Lipinski definition) is 4. The number of rotatable bonds is 6. The highest BCUT2D eigenvalue weighted by Gasteiger charge is 2.65. The Balaban J connectivity index is 1.43. The van der Waals surface area contributed by atoms with E-state index in [1.54, 1.807) is 24.0 Å². The predicted octanol–water partition coefficient (Wildman–Crippen LogP) is 5.11. The summed E-state index contributed by atoms with van der Waals surface area (Å²) in [6.45, 7) is 4.46. The summed E-state index contributed by atoms with van der Waals surface area (Å²) in [4.78, 5) is 42.7. The van der Waals surface area contributed by atoms with Gasteiger partial charge in [0.25, 0.3) is 11.8 Å². The highest BCUT2D eigenvalue weighted by molar-refractivity contribution is 7.84. The lowest BCUT2D eigenvalue weighted by Crippen LogP contribution is -2.46. The van der Waals surface area contributed by atoms with Crippen molar-refractivity contribution >= 4 is 40.2 Å². The number of carboxylic acid groups (broad SMARTS) is 1. The first-order valence-electron chi connectivity index (χ1n) is 13.2. The lowest BCUT2D eigenvalue weighted by molar-refractivity contribution is -0.143. The Morgan fingerprint density at radius 2 is 1.80 bits per heavy atom. The molecule has 41 heavy (non-hydrogen) atoms. The van der Waals surface area contributed by atoms with Gasteiger partial charge in [-0.15, -0.1) is 0 Å². The van der Waals surface area contributed by atoms with Gasteiger partial charge in [0, 0.05) is 53.6 Å². The molecule has 3 aromatic rings. The lowest BCUT2D eigenvalue weighted by Gasteiger charge is -2.32. The highest BCUT2D eigenvalue weighted by atomic mass is 35.5. The first-order chi connectivity index (χ1) is 19.3. The van der Waals surface area contributed by atoms with Crippen LogP contribution in [0.3, 0.4) is 0 Å². The number of halogens is 2. The van der Waals surface area contributed by atoms with Crippen molar-refractivity contribution in [2.75, 3.05) is 19.8 Å². The third-order valence-electron chi connectivity index (χ3n) is 8.28. The molecule has 1 aliphatic carbocycles. The van der Waals surface area contributed by atoms with Gasteiger partial charge in [-0.25, -0.2) is 9.18 Å². The van der Waals surface area contributed by atoms with E-state index in [1.807, 2.05) is 25.1 Å². The van der Waals surface area contributed by atoms with Crippen molar-refractivity contribution in [1.29, 1.82) is 0 Å². The van der Waals surface area contributed by atoms with Gasteiger partial charge < -0.3 is 14.9 Å². The van der Waals surface area contributed by atoms with E-state index in [4.69, 9.17) is 11.6 Å². The van der Waals surface area contributed by atoms with E-state index in [9.17, 15) is 28.1 Å². The number of carbonyl (C=O) groups excluding carboxylic acids is 2. The molecule has 5 rings (SSSR count). The molecule has 3 aromatic carbocycles. The zero-order chi connectivity index (χ0) is 29.8. The van der Waals surface area contributed by atoms with Crippen LogP contribution in [-0.2, 0) is 28.6 Å². The predicted molar refractivity (Wildman–Crippen MR) is 154 cm³/mol. The van der Waals surface area contributed by atoms with Crippen LogP contribution < -0.4 is 0 Å². The monoisotopic (exact) mass is 596 g/mol. The number of likely N-dealkylation sites (N-methyl/N-ethyl adjacent to an activating group) is 1. The van der Waals surface area contributed by atoms with Gasteiger partial charge in [0.05, 0.1) is 10.6 Å². The van der Waals surface area contributed by atoms with Gasteiger partial charge in [-0.3, -0.25) is 13.8 Å². The van der Waals surface area contributed by atoms with Crippen molar-refractivity contribution in [2.24, 2.45) is 0 Å². The molecule has 1 aliphatic heterocycles. The van der Waals surface area contributed by atoms with Crippen molar-refractivity contribution in [1.82, 2.24) is 9.80 Å². The van der Waals surface area contributed by atoms with Crippen molar-refractivity contribution in [3.05, 3.63) is 98.3 Å². The van der Waals surface area contributed by atoms with E-state index >= 15 is 0 Å². The number of hydrogen-bond donors (Lipinski definition) is 1. The third-order valence-corrected chi connectivity index (χ3v) is 9.60. The Hall–Kier alpha value is -3.56. The minimum absolute atomic E-state index is 0.0834. The molecule has 2 aliphatic rings. The minimum Gasteiger partial charge on any atom is -0.479 e. The molecular weight excluding hydrogens is 567 g/mol. The molecule has 3 atom stereocenters. The molecule has 0 radical (unpaired) electrons. The Labute approximate surface area is 245 Å². The van der Waals surface area contributed by atoms with Crippen LogP contribution in [0.15, 0.2) is 53.4 Å². The van der Waals surface area contributed by atoms with Crippen LogP contribution in [-0.4, -0.2) is 62.3 Å². The second kappa shape index (κ2) is 10.7. The van der Waals surface area contributed by atoms with Gasteiger partial charge in [0.2, 0.25) is 0 Å². The van der Waals surface area contributed by atoms with Gasteiger partial charge in [-0.05, 0) is 79.3 Å². The molecule has 0 aromatic heterocycles. The van der Waals surface area contributed by atoms with Crippen LogP contribution in [0.4, 0.5) is 4.39 Å². The molecular formula is C31H30ClFN2O5S. The SMILES string of the molecule is Cc1ccc(C(=O)N2CCc3c(cc(C)c(C(=O)N(C)C4(C(=O)O)CC4c4cc(F)cc(S(C)=O)c4)c3Cl)C2)cc1. The summed E-state index contributed by atoms with van der Waals surface area (Å²) < 4.78 is 26.3. The topological polar surface area (TPSA) is 95.0 Å². The molecule has 3 unspecified atom stereocenters. The van der Waals surface area contributed by atoms with E-state index < -0.39 is 40.0 Å². The van der Waals surface area contributed by atoms with E-state index in [0.717, 1.165) is 22.8 Å². The van der Waals surface area contributed by atoms with Gasteiger partial charge in [0.15, 0.2) is 0 Å². The maximum absolute atomic E-state index is 14.3. The first-order valence-corrected chi connectivity index (χ1v) is 15.1. The molecule has 1 saturated carbocycles. The number of carboxylic acids is 1. The minimum atomic E-state index is -1.60. The van der Waals surface area contributed by atoms with E-state index in [0.29, 0.717) is 36.2 Å². The Morgan fingerprint density at radius 3 is 2.44 bits per heavy atom. The molecule has 10 heteroatoms. The number of nitrogens with zero attached hydrogens (tertiary/aromatic N) is 2. The fourth-order valence-corrected chi connectivity index (χ4v) is 6.87.